The molecule has 1 saturated heterocycles. The number of carbonyl (C=O) groups excluding carboxylic acids is 1. The molecule has 1 fully saturated rings. The number of halogens is 1. The van der Waals surface area contributed by atoms with Gasteiger partial charge in [0.2, 0.25) is 0 Å². The van der Waals surface area contributed by atoms with E-state index in [2.05, 4.69) is 25.0 Å². The molecule has 1 amide bonds. The van der Waals surface area contributed by atoms with Gasteiger partial charge in [0.15, 0.2) is 11.4 Å². The maximum atomic E-state index is 13.1. The van der Waals surface area contributed by atoms with Crippen LogP contribution in [0.2, 0.25) is 5.02 Å². The fourth-order valence-electron chi connectivity index (χ4n) is 3.32. The van der Waals surface area contributed by atoms with E-state index in [1.54, 1.807) is 49.1 Å². The second kappa shape index (κ2) is 8.27. The number of rotatable bonds is 5. The van der Waals surface area contributed by atoms with Gasteiger partial charge in [-0.3, -0.25) is 4.79 Å². The van der Waals surface area contributed by atoms with Crippen molar-refractivity contribution in [1.82, 2.24) is 29.6 Å². The van der Waals surface area contributed by atoms with E-state index in [-0.39, 0.29) is 5.91 Å². The van der Waals surface area contributed by atoms with Crippen molar-refractivity contribution in [3.8, 4) is 11.6 Å². The molecule has 9 nitrogen and oxygen atoms in total. The first kappa shape index (κ1) is 20.1. The van der Waals surface area contributed by atoms with Gasteiger partial charge in [-0.15, -0.1) is 0 Å². The van der Waals surface area contributed by atoms with Gasteiger partial charge in [-0.05, 0) is 38.1 Å². The highest BCUT2D eigenvalue weighted by molar-refractivity contribution is 6.30. The van der Waals surface area contributed by atoms with Gasteiger partial charge in [-0.2, -0.15) is 5.10 Å². The molecule has 0 atom stereocenters. The molecule has 1 aliphatic heterocycles. The zero-order valence-electron chi connectivity index (χ0n) is 16.8. The summed E-state index contributed by atoms with van der Waals surface area (Å²) in [7, 11) is 0. The van der Waals surface area contributed by atoms with E-state index in [9.17, 15) is 4.79 Å². The topological polar surface area (TPSA) is 89.3 Å². The SMILES string of the molecule is CC(C)(Oc1ccc(Cl)cc1)C(=O)N1CCN(c2cc(-n3cncn3)ncn2)CC1. The molecule has 1 aromatic carbocycles. The molecular weight excluding hydrogens is 406 g/mol. The predicted octanol–water partition coefficient (Wildman–Crippen LogP) is 2.22. The Balaban J connectivity index is 1.38. The summed E-state index contributed by atoms with van der Waals surface area (Å²) in [5, 5.41) is 4.72. The van der Waals surface area contributed by atoms with Gasteiger partial charge in [0.1, 0.15) is 30.5 Å². The summed E-state index contributed by atoms with van der Waals surface area (Å²) in [6.07, 6.45) is 4.55. The lowest BCUT2D eigenvalue weighted by molar-refractivity contribution is -0.145. The minimum Gasteiger partial charge on any atom is -0.478 e. The summed E-state index contributed by atoms with van der Waals surface area (Å²) >= 11 is 5.92. The van der Waals surface area contributed by atoms with Crippen molar-refractivity contribution in [1.29, 1.82) is 0 Å². The first-order valence-electron chi connectivity index (χ1n) is 9.58. The zero-order chi connectivity index (χ0) is 21.1. The third-order valence-electron chi connectivity index (χ3n) is 4.88. The van der Waals surface area contributed by atoms with E-state index >= 15 is 0 Å². The quantitative estimate of drug-likeness (QED) is 0.616. The summed E-state index contributed by atoms with van der Waals surface area (Å²) < 4.78 is 7.53. The van der Waals surface area contributed by atoms with E-state index in [4.69, 9.17) is 16.3 Å². The standard InChI is InChI=1S/C20H22ClN7O2/c1-20(2,30-16-5-3-15(21)4-6-16)19(29)27-9-7-26(8-10-27)17-11-18(24-13-23-17)28-14-22-12-25-28/h3-6,11-14H,7-10H2,1-2H3. The van der Waals surface area contributed by atoms with Crippen LogP contribution in [-0.4, -0.2) is 67.3 Å². The molecule has 1 aliphatic rings. The third kappa shape index (κ3) is 4.35. The van der Waals surface area contributed by atoms with E-state index in [1.807, 2.05) is 11.0 Å². The third-order valence-corrected chi connectivity index (χ3v) is 5.14. The van der Waals surface area contributed by atoms with E-state index in [0.717, 1.165) is 5.82 Å². The average Bonchev–Trinajstić information content (AvgIpc) is 3.30. The molecule has 0 unspecified atom stereocenters. The minimum absolute atomic E-state index is 0.0527. The number of nitrogens with zero attached hydrogens (tertiary/aromatic N) is 7. The molecule has 0 N–H and O–H groups in total. The molecule has 30 heavy (non-hydrogen) atoms. The molecule has 0 aliphatic carbocycles. The maximum Gasteiger partial charge on any atom is 0.266 e. The Labute approximate surface area is 179 Å². The Bertz CT molecular complexity index is 1000. The van der Waals surface area contributed by atoms with Crippen LogP contribution in [0, 0.1) is 0 Å². The van der Waals surface area contributed by atoms with Crippen molar-refractivity contribution in [3.05, 3.63) is 54.3 Å². The highest BCUT2D eigenvalue weighted by atomic mass is 35.5. The van der Waals surface area contributed by atoms with Crippen LogP contribution in [0.3, 0.4) is 0 Å². The average molecular weight is 428 g/mol. The molecular formula is C20H22ClN7O2. The Morgan fingerprint density at radius 3 is 2.40 bits per heavy atom. The molecule has 3 aromatic rings. The van der Waals surface area contributed by atoms with Crippen molar-refractivity contribution < 1.29 is 9.53 Å². The van der Waals surface area contributed by atoms with Crippen molar-refractivity contribution in [2.45, 2.75) is 19.4 Å². The second-order valence-electron chi connectivity index (χ2n) is 7.42. The molecule has 3 heterocycles. The van der Waals surface area contributed by atoms with Crippen LogP contribution in [0.5, 0.6) is 5.75 Å². The van der Waals surface area contributed by atoms with Crippen molar-refractivity contribution >= 4 is 23.3 Å². The molecule has 10 heteroatoms. The minimum atomic E-state index is -0.981. The van der Waals surface area contributed by atoms with Gasteiger partial charge < -0.3 is 14.5 Å². The van der Waals surface area contributed by atoms with Gasteiger partial charge in [0.25, 0.3) is 5.91 Å². The number of hydrogen-bond donors (Lipinski definition) is 0. The first-order valence-corrected chi connectivity index (χ1v) is 9.96. The van der Waals surface area contributed by atoms with Gasteiger partial charge >= 0.3 is 0 Å². The molecule has 4 rings (SSSR count). The summed E-state index contributed by atoms with van der Waals surface area (Å²) in [5.74, 6) is 1.99. The number of amides is 1. The van der Waals surface area contributed by atoms with Crippen molar-refractivity contribution in [3.63, 3.8) is 0 Å². The number of aromatic nitrogens is 5. The number of anilines is 1. The molecule has 0 spiro atoms. The lowest BCUT2D eigenvalue weighted by Crippen LogP contribution is -2.56. The van der Waals surface area contributed by atoms with Gasteiger partial charge in [0.05, 0.1) is 0 Å². The fourth-order valence-corrected chi connectivity index (χ4v) is 3.45. The first-order chi connectivity index (χ1) is 14.4. The number of ether oxygens (including phenoxy) is 1. The van der Waals surface area contributed by atoms with E-state index in [1.165, 1.54) is 12.7 Å². The van der Waals surface area contributed by atoms with Crippen LogP contribution in [-0.2, 0) is 4.79 Å². The number of benzene rings is 1. The van der Waals surface area contributed by atoms with Crippen LogP contribution in [0.1, 0.15) is 13.8 Å². The zero-order valence-corrected chi connectivity index (χ0v) is 17.5. The highest BCUT2D eigenvalue weighted by Crippen LogP contribution is 2.23. The van der Waals surface area contributed by atoms with Crippen molar-refractivity contribution in [2.24, 2.45) is 0 Å². The van der Waals surface area contributed by atoms with Crippen molar-refractivity contribution in [2.75, 3.05) is 31.1 Å². The number of hydrogen-bond acceptors (Lipinski definition) is 7. The van der Waals surface area contributed by atoms with Gasteiger partial charge in [-0.25, -0.2) is 19.6 Å². The van der Waals surface area contributed by atoms with Crippen LogP contribution >= 0.6 is 11.6 Å². The molecule has 2 aromatic heterocycles. The Morgan fingerprint density at radius 2 is 1.73 bits per heavy atom. The summed E-state index contributed by atoms with van der Waals surface area (Å²) in [5.41, 5.74) is -0.981. The monoisotopic (exact) mass is 427 g/mol. The number of piperazine rings is 1. The maximum absolute atomic E-state index is 13.1. The van der Waals surface area contributed by atoms with E-state index < -0.39 is 5.60 Å². The van der Waals surface area contributed by atoms with E-state index in [0.29, 0.717) is 42.8 Å². The summed E-state index contributed by atoms with van der Waals surface area (Å²) in [6, 6.07) is 8.87. The molecule has 0 radical (unpaired) electrons. The largest absolute Gasteiger partial charge is 0.478 e. The van der Waals surface area contributed by atoms with Gasteiger partial charge in [0, 0.05) is 37.3 Å². The smallest absolute Gasteiger partial charge is 0.266 e. The fraction of sp³-hybridized carbons (Fsp3) is 0.350. The molecule has 0 bridgehead atoms. The Kier molecular flexibility index (Phi) is 5.54. The van der Waals surface area contributed by atoms with Crippen LogP contribution in [0.15, 0.2) is 49.3 Å². The molecule has 0 saturated carbocycles. The second-order valence-corrected chi connectivity index (χ2v) is 7.86. The summed E-state index contributed by atoms with van der Waals surface area (Å²) in [4.78, 5) is 29.5. The Morgan fingerprint density at radius 1 is 1.03 bits per heavy atom. The molecule has 156 valence electrons. The highest BCUT2D eigenvalue weighted by Gasteiger charge is 2.36. The van der Waals surface area contributed by atoms with Crippen LogP contribution in [0.4, 0.5) is 5.82 Å². The van der Waals surface area contributed by atoms with Crippen LogP contribution < -0.4 is 9.64 Å². The Hall–Kier alpha value is -3.20. The lowest BCUT2D eigenvalue weighted by atomic mass is 10.1. The predicted molar refractivity (Wildman–Crippen MR) is 112 cm³/mol. The normalized spacial score (nSPS) is 14.6. The summed E-state index contributed by atoms with van der Waals surface area (Å²) in [6.45, 7) is 6.05. The van der Waals surface area contributed by atoms with Crippen LogP contribution in [0.25, 0.3) is 5.82 Å². The lowest BCUT2D eigenvalue weighted by Gasteiger charge is -2.39. The number of carbonyl (C=O) groups is 1. The van der Waals surface area contributed by atoms with Gasteiger partial charge in [-0.1, -0.05) is 11.6 Å².